The number of hydrogen-bond donors (Lipinski definition) is 0. The molecule has 2 atom stereocenters. The molecule has 0 aliphatic heterocycles. The van der Waals surface area contributed by atoms with Crippen LogP contribution in [-0.2, 0) is 93.3 Å². The van der Waals surface area contributed by atoms with E-state index in [2.05, 4.69) is 88.4 Å². The van der Waals surface area contributed by atoms with Gasteiger partial charge in [0.05, 0.1) is 0 Å². The summed E-state index contributed by atoms with van der Waals surface area (Å²) >= 11 is 0. The van der Waals surface area contributed by atoms with E-state index in [-0.39, 0.29) is 132 Å². The molecule has 0 aliphatic carbocycles. The van der Waals surface area contributed by atoms with Crippen LogP contribution in [0.5, 0.6) is 0 Å². The van der Waals surface area contributed by atoms with Gasteiger partial charge in [-0.1, -0.05) is 162 Å². The van der Waals surface area contributed by atoms with Crippen molar-refractivity contribution in [1.29, 1.82) is 0 Å². The first-order valence-electron chi connectivity index (χ1n) is 53.4. The van der Waals surface area contributed by atoms with E-state index in [1.165, 1.54) is 75.0 Å². The number of rotatable bonds is 16. The summed E-state index contributed by atoms with van der Waals surface area (Å²) in [7, 11) is 0. The zero-order chi connectivity index (χ0) is 113. The fourth-order valence-electron chi connectivity index (χ4n) is 13.4. The molecule has 714 valence electrons. The van der Waals surface area contributed by atoms with Gasteiger partial charge in [0.25, 0.3) is 0 Å². The fourth-order valence-corrected chi connectivity index (χ4v) is 13.4. The minimum absolute atomic E-state index is 0. The van der Waals surface area contributed by atoms with Gasteiger partial charge in [0.15, 0.2) is 0 Å². The molecule has 8 aromatic heterocycles. The average Bonchev–Trinajstić information content (AvgIpc) is 0.769. The smallest absolute Gasteiger partial charge is 0.126 e. The van der Waals surface area contributed by atoms with Gasteiger partial charge >= 0.3 is 0 Å². The van der Waals surface area contributed by atoms with Crippen LogP contribution >= 0.6 is 0 Å². The molecule has 4 radical (unpaired) electrons. The molecule has 8 nitrogen and oxygen atoms in total. The van der Waals surface area contributed by atoms with Crippen LogP contribution in [0.3, 0.4) is 0 Å². The molecule has 0 aliphatic rings. The summed E-state index contributed by atoms with van der Waals surface area (Å²) < 4.78 is 203. The van der Waals surface area contributed by atoms with Crippen molar-refractivity contribution in [3.05, 3.63) is 530 Å². The van der Waals surface area contributed by atoms with Gasteiger partial charge in [0.2, 0.25) is 0 Å². The number of benzene rings is 12. The van der Waals surface area contributed by atoms with E-state index in [0.29, 0.717) is 17.5 Å². The predicted octanol–water partition coefficient (Wildman–Crippen LogP) is 31.7. The summed E-state index contributed by atoms with van der Waals surface area (Å²) in [5, 5.41) is 0. The van der Waals surface area contributed by atoms with Gasteiger partial charge in [-0.25, -0.2) is 17.6 Å². The average molecular weight is 2580 g/mol. The van der Waals surface area contributed by atoms with Crippen LogP contribution in [0.25, 0.3) is 135 Å². The van der Waals surface area contributed by atoms with Gasteiger partial charge in [-0.3, -0.25) is 0 Å². The maximum atomic E-state index is 14.2. The zero-order valence-corrected chi connectivity index (χ0v) is 85.8. The first-order chi connectivity index (χ1) is 74.8. The van der Waals surface area contributed by atoms with Crippen LogP contribution in [0.4, 0.5) is 17.6 Å². The van der Waals surface area contributed by atoms with Crippen LogP contribution < -0.4 is 0 Å². The fraction of sp³-hybridized carbons (Fsp3) is 0.104. The second-order valence-electron chi connectivity index (χ2n) is 30.4. The summed E-state index contributed by atoms with van der Waals surface area (Å²) in [4.78, 5) is 34.2. The van der Waals surface area contributed by atoms with Gasteiger partial charge in [-0.15, -0.1) is 287 Å². The van der Waals surface area contributed by atoms with Crippen LogP contribution in [-0.4, -0.2) is 39.9 Å². The summed E-state index contributed by atoms with van der Waals surface area (Å²) in [6.45, 7) is -9.04. The van der Waals surface area contributed by atoms with Crippen molar-refractivity contribution in [3.63, 3.8) is 0 Å². The Morgan fingerprint density at radius 2 is 0.496 bits per heavy atom. The molecule has 2 unspecified atom stereocenters. The Bertz CT molecular complexity index is 7510. The Kier molecular flexibility index (Phi) is 34.7. The maximum Gasteiger partial charge on any atom is 0.126 e. The van der Waals surface area contributed by atoms with Crippen LogP contribution in [0.1, 0.15) is 107 Å². The minimum Gasteiger partial charge on any atom is -0.304 e. The predicted molar refractivity (Wildman–Crippen MR) is 551 cm³/mol. The van der Waals surface area contributed by atoms with Crippen LogP contribution in [0, 0.1) is 105 Å². The molecule has 16 heteroatoms. The van der Waals surface area contributed by atoms with Gasteiger partial charge in [0.1, 0.15) is 23.3 Å². The summed E-state index contributed by atoms with van der Waals surface area (Å²) in [6.07, 6.45) is 13.0. The molecule has 141 heavy (non-hydrogen) atoms. The van der Waals surface area contributed by atoms with Crippen molar-refractivity contribution in [2.24, 2.45) is 5.89 Å². The number of halogens is 4. The van der Waals surface area contributed by atoms with Gasteiger partial charge in [0, 0.05) is 157 Å². The van der Waals surface area contributed by atoms with Crippen molar-refractivity contribution < 1.29 is 125 Å². The zero-order valence-electron chi connectivity index (χ0n) is 96.2. The molecule has 0 spiro atoms. The van der Waals surface area contributed by atoms with E-state index in [9.17, 15) is 17.6 Å². The molecule has 0 N–H and O–H groups in total. The van der Waals surface area contributed by atoms with E-state index in [4.69, 9.17) is 27.4 Å². The monoisotopic (exact) mass is 2580 g/mol. The SMILES string of the molecule is CCc1cc(-c2ccc(-c3[c-]cccc3)nc2)ccc1F.Fc1ccc(-c2ccc(-c3[c-]cccc3)nc2)cc1.[2H]C([2H])([2H])C([2H])(C)Cc1cc(-c2ccc(-c3[c-]cccc3)nc2)ccc1F.[2H]C([2H])([2H])C([2H])(C)c1cc(-c2ccc(-c3[c-]cccc3)nc2)ccc1F.[2H]C([2H])([2H])c1ccc(-c2[c-]cccc2)nc1.[2H]C([2H])([2H])c1ccc(-c2[c-]cccc2)nc1.[2H]C([2H])([2H])c1ccc(-c2[c-]cccc2)nc1.[2H]C([2H])([2H])c1ccc(-c2[c-]cccc2)nc1.[Ir].[Ir].[Ir].[Ir]. The van der Waals surface area contributed by atoms with E-state index in [0.717, 1.165) is 129 Å². The molecular weight excluding hydrogens is 2460 g/mol. The van der Waals surface area contributed by atoms with Crippen molar-refractivity contribution >= 4 is 0 Å². The summed E-state index contributed by atoms with van der Waals surface area (Å²) in [5.41, 5.74) is 21.9. The summed E-state index contributed by atoms with van der Waals surface area (Å²) in [5.74, 6) is -5.40. The standard InChI is InChI=1S/C21H19FN.C20H17FN.C19H15FN.C17H11FN.4C12H10N.4Ir/c1-15(2)12-19-13-17(8-10-20(19)22)18-9-11-21(23-14-18)16-6-4-3-5-7-16;1-14(2)18-12-16(8-10-19(18)21)17-9-11-20(22-13-17)15-6-4-3-5-7-15;1-2-14-12-16(8-10-18(14)20)17-9-11-19(21-13-17)15-6-4-3-5-7-15;18-16-9-6-13(7-10-16)15-8-11-17(19-12-15)14-4-2-1-3-5-14;4*1-10-7-8-12(13-9-10)11-5-3-2-4-6-11;;;;/h3-6,8-11,13-15H,12H2,1-2H3;3-6,8-14H,1-2H3;3-6,8-13H,2H2,1H3;1-4,6-12H;4*2-5,7-9H,1H3;;;;/q8*-1;;;;/i1D3,15D;1D3,14D;;;4*1D3;;;;. The third-order valence-electron chi connectivity index (χ3n) is 20.5. The maximum absolute atomic E-state index is 14.2. The number of aryl methyl sites for hydroxylation is 5. The first-order valence-corrected chi connectivity index (χ1v) is 43.4. The molecule has 0 amide bonds. The first kappa shape index (κ1) is 84.1. The largest absolute Gasteiger partial charge is 0.304 e. The van der Waals surface area contributed by atoms with Gasteiger partial charge in [-0.2, -0.15) is 0 Å². The Labute approximate surface area is 910 Å². The number of pyridine rings is 8. The molecule has 0 saturated heterocycles. The Morgan fingerprint density at radius 3 is 0.730 bits per heavy atom. The summed E-state index contributed by atoms with van der Waals surface area (Å²) in [6, 6.07) is 134. The Balaban J connectivity index is 0.000000204. The molecule has 0 saturated carbocycles. The second kappa shape index (κ2) is 58.3. The quantitative estimate of drug-likeness (QED) is 0.0696. The normalized spacial score (nSPS) is 13.6. The molecule has 0 fully saturated rings. The minimum atomic E-state index is -2.64. The Hall–Kier alpha value is -13.8. The molecule has 20 rings (SSSR count). The van der Waals surface area contributed by atoms with Crippen molar-refractivity contribution in [1.82, 2.24) is 39.9 Å². The molecule has 8 heterocycles. The number of hydrogen-bond acceptors (Lipinski definition) is 8. The van der Waals surface area contributed by atoms with E-state index < -0.39 is 64.5 Å². The van der Waals surface area contributed by atoms with Crippen LogP contribution in [0.15, 0.2) is 420 Å². The van der Waals surface area contributed by atoms with Gasteiger partial charge in [-0.05, 0) is 230 Å². The molecule has 12 aromatic carbocycles. The third-order valence-corrected chi connectivity index (χ3v) is 20.5. The van der Waals surface area contributed by atoms with E-state index >= 15 is 0 Å². The van der Waals surface area contributed by atoms with Crippen molar-refractivity contribution in [3.8, 4) is 135 Å². The topological polar surface area (TPSA) is 103 Å². The number of nitrogens with zero attached hydrogens (tertiary/aromatic N) is 8. The van der Waals surface area contributed by atoms with Crippen molar-refractivity contribution in [2.45, 2.75) is 80.6 Å². The number of aromatic nitrogens is 8. The molecule has 0 bridgehead atoms. The van der Waals surface area contributed by atoms with Crippen LogP contribution in [0.2, 0.25) is 0 Å². The Morgan fingerprint density at radius 1 is 0.255 bits per heavy atom. The van der Waals surface area contributed by atoms with E-state index in [1.54, 1.807) is 134 Å². The third kappa shape index (κ3) is 34.6. The van der Waals surface area contributed by atoms with Gasteiger partial charge < -0.3 is 39.9 Å². The van der Waals surface area contributed by atoms with Crippen molar-refractivity contribution in [2.75, 3.05) is 0 Å². The van der Waals surface area contributed by atoms with E-state index in [1.807, 2.05) is 232 Å². The molecule has 20 aromatic rings. The molecular formula is C125H102F4Ir4N8-8. The second-order valence-corrected chi connectivity index (χ2v) is 30.4.